The Labute approximate surface area is 169 Å². The van der Waals surface area contributed by atoms with E-state index < -0.39 is 0 Å². The van der Waals surface area contributed by atoms with E-state index in [0.717, 1.165) is 22.0 Å². The number of hydrogen-bond donors (Lipinski definition) is 2. The molecule has 0 heterocycles. The first-order valence-electron chi connectivity index (χ1n) is 8.39. The first-order valence-corrected chi connectivity index (χ1v) is 9.79. The molecule has 0 aliphatic heterocycles. The average molecular weight is 403 g/mol. The normalized spacial score (nSPS) is 10.4. The SMILES string of the molecule is CCOC(=O)/C=C/CSc1cccc(NC(=S)Nc2ccccc2OC)c1. The molecule has 0 unspecified atom stereocenters. The third-order valence-corrected chi connectivity index (χ3v) is 4.48. The number of carbonyl (C=O) groups is 1. The van der Waals surface area contributed by atoms with Crippen LogP contribution < -0.4 is 15.4 Å². The molecule has 0 aliphatic carbocycles. The van der Waals surface area contributed by atoms with Crippen molar-refractivity contribution >= 4 is 46.4 Å². The van der Waals surface area contributed by atoms with Crippen molar-refractivity contribution in [2.45, 2.75) is 11.8 Å². The summed E-state index contributed by atoms with van der Waals surface area (Å²) in [6.07, 6.45) is 3.24. The fourth-order valence-corrected chi connectivity index (χ4v) is 3.17. The van der Waals surface area contributed by atoms with Crippen molar-refractivity contribution in [1.82, 2.24) is 0 Å². The molecule has 2 N–H and O–H groups in total. The summed E-state index contributed by atoms with van der Waals surface area (Å²) in [5.41, 5.74) is 1.67. The number of benzene rings is 2. The van der Waals surface area contributed by atoms with Crippen molar-refractivity contribution in [2.24, 2.45) is 0 Å². The summed E-state index contributed by atoms with van der Waals surface area (Å²) >= 11 is 6.99. The molecule has 27 heavy (non-hydrogen) atoms. The number of thiocarbonyl (C=S) groups is 1. The van der Waals surface area contributed by atoms with Gasteiger partial charge in [0, 0.05) is 22.4 Å². The van der Waals surface area contributed by atoms with Gasteiger partial charge in [0.1, 0.15) is 5.75 Å². The Morgan fingerprint density at radius 1 is 1.19 bits per heavy atom. The van der Waals surface area contributed by atoms with Gasteiger partial charge in [0.05, 0.1) is 19.4 Å². The Morgan fingerprint density at radius 2 is 2.00 bits per heavy atom. The first-order chi connectivity index (χ1) is 13.1. The number of methoxy groups -OCH3 is 1. The Morgan fingerprint density at radius 3 is 2.78 bits per heavy atom. The van der Waals surface area contributed by atoms with Gasteiger partial charge in [0.2, 0.25) is 0 Å². The van der Waals surface area contributed by atoms with E-state index in [2.05, 4.69) is 10.6 Å². The molecule has 2 aromatic rings. The van der Waals surface area contributed by atoms with Crippen LogP contribution in [0.5, 0.6) is 5.75 Å². The zero-order chi connectivity index (χ0) is 19.5. The lowest BCUT2D eigenvalue weighted by Crippen LogP contribution is -2.19. The Kier molecular flexibility index (Phi) is 8.67. The number of carbonyl (C=O) groups excluding carboxylic acids is 1. The number of anilines is 2. The number of thioether (sulfide) groups is 1. The van der Waals surface area contributed by atoms with Gasteiger partial charge in [-0.15, -0.1) is 11.8 Å². The Hall–Kier alpha value is -2.51. The van der Waals surface area contributed by atoms with Crippen LogP contribution in [0.3, 0.4) is 0 Å². The highest BCUT2D eigenvalue weighted by molar-refractivity contribution is 7.99. The Balaban J connectivity index is 1.89. The van der Waals surface area contributed by atoms with Crippen LogP contribution in [0.2, 0.25) is 0 Å². The van der Waals surface area contributed by atoms with Gasteiger partial charge in [-0.1, -0.05) is 24.3 Å². The van der Waals surface area contributed by atoms with Gasteiger partial charge in [-0.2, -0.15) is 0 Å². The number of hydrogen-bond acceptors (Lipinski definition) is 5. The molecule has 0 fully saturated rings. The van der Waals surface area contributed by atoms with Crippen molar-refractivity contribution in [3.05, 3.63) is 60.7 Å². The molecular formula is C20H22N2O3S2. The fourth-order valence-electron chi connectivity index (χ4n) is 2.18. The molecule has 0 aliphatic rings. The summed E-state index contributed by atoms with van der Waals surface area (Å²) in [5.74, 6) is 1.08. The van der Waals surface area contributed by atoms with Crippen LogP contribution >= 0.6 is 24.0 Å². The van der Waals surface area contributed by atoms with E-state index in [1.54, 1.807) is 31.9 Å². The molecule has 0 aromatic heterocycles. The van der Waals surface area contributed by atoms with E-state index in [4.69, 9.17) is 21.7 Å². The highest BCUT2D eigenvalue weighted by Crippen LogP contribution is 2.24. The van der Waals surface area contributed by atoms with Crippen molar-refractivity contribution < 1.29 is 14.3 Å². The van der Waals surface area contributed by atoms with E-state index in [1.807, 2.05) is 48.5 Å². The van der Waals surface area contributed by atoms with E-state index in [1.165, 1.54) is 6.08 Å². The predicted octanol–water partition coefficient (Wildman–Crippen LogP) is 4.72. The molecule has 7 heteroatoms. The van der Waals surface area contributed by atoms with Gasteiger partial charge in [-0.3, -0.25) is 0 Å². The maximum Gasteiger partial charge on any atom is 0.330 e. The molecule has 0 atom stereocenters. The van der Waals surface area contributed by atoms with Crippen LogP contribution in [0.4, 0.5) is 11.4 Å². The summed E-state index contributed by atoms with van der Waals surface area (Å²) < 4.78 is 10.2. The molecule has 0 bridgehead atoms. The smallest absolute Gasteiger partial charge is 0.330 e. The minimum Gasteiger partial charge on any atom is -0.495 e. The maximum absolute atomic E-state index is 11.3. The van der Waals surface area contributed by atoms with Gasteiger partial charge < -0.3 is 20.1 Å². The van der Waals surface area contributed by atoms with E-state index in [0.29, 0.717) is 17.5 Å². The average Bonchev–Trinajstić information content (AvgIpc) is 2.66. The standard InChI is InChI=1S/C20H22N2O3S2/c1-3-25-19(23)12-7-13-27-16-9-6-8-15(14-16)21-20(26)22-17-10-4-5-11-18(17)24-2/h4-12,14H,3,13H2,1-2H3,(H2,21,22,26)/b12-7+. The van der Waals surface area contributed by atoms with Crippen LogP contribution in [-0.4, -0.2) is 30.6 Å². The molecule has 0 amide bonds. The number of esters is 1. The minimum absolute atomic E-state index is 0.318. The van der Waals surface area contributed by atoms with E-state index >= 15 is 0 Å². The van der Waals surface area contributed by atoms with Crippen molar-refractivity contribution in [1.29, 1.82) is 0 Å². The summed E-state index contributed by atoms with van der Waals surface area (Å²) in [4.78, 5) is 12.3. The minimum atomic E-state index is -0.318. The van der Waals surface area contributed by atoms with Crippen molar-refractivity contribution in [2.75, 3.05) is 30.1 Å². The lowest BCUT2D eigenvalue weighted by atomic mass is 10.3. The number of ether oxygens (including phenoxy) is 2. The van der Waals surface area contributed by atoms with Crippen LogP contribution in [0.25, 0.3) is 0 Å². The molecule has 5 nitrogen and oxygen atoms in total. The van der Waals surface area contributed by atoms with E-state index in [9.17, 15) is 4.79 Å². The highest BCUT2D eigenvalue weighted by Gasteiger charge is 2.04. The van der Waals surface area contributed by atoms with Crippen LogP contribution in [0.1, 0.15) is 6.92 Å². The first kappa shape index (κ1) is 20.8. The predicted molar refractivity (Wildman–Crippen MR) is 116 cm³/mol. The van der Waals surface area contributed by atoms with Gasteiger partial charge in [-0.25, -0.2) is 4.79 Å². The molecule has 2 rings (SSSR count). The zero-order valence-electron chi connectivity index (χ0n) is 15.2. The number of rotatable bonds is 8. The Bertz CT molecular complexity index is 809. The second-order valence-electron chi connectivity index (χ2n) is 5.27. The monoisotopic (exact) mass is 402 g/mol. The van der Waals surface area contributed by atoms with Crippen molar-refractivity contribution in [3.63, 3.8) is 0 Å². The number of nitrogens with one attached hydrogen (secondary N) is 2. The molecule has 0 saturated heterocycles. The maximum atomic E-state index is 11.3. The highest BCUT2D eigenvalue weighted by atomic mass is 32.2. The van der Waals surface area contributed by atoms with Gasteiger partial charge in [0.15, 0.2) is 5.11 Å². The summed E-state index contributed by atoms with van der Waals surface area (Å²) in [6, 6.07) is 15.5. The van der Waals surface area contributed by atoms with Crippen LogP contribution in [0.15, 0.2) is 65.6 Å². The molecule has 0 spiro atoms. The molecular weight excluding hydrogens is 380 g/mol. The zero-order valence-corrected chi connectivity index (χ0v) is 16.9. The van der Waals surface area contributed by atoms with Crippen molar-refractivity contribution in [3.8, 4) is 5.75 Å². The fraction of sp³-hybridized carbons (Fsp3) is 0.200. The number of para-hydroxylation sites is 2. The third kappa shape index (κ3) is 7.32. The molecule has 2 aromatic carbocycles. The van der Waals surface area contributed by atoms with Crippen LogP contribution in [-0.2, 0) is 9.53 Å². The topological polar surface area (TPSA) is 59.6 Å². The molecule has 0 saturated carbocycles. The largest absolute Gasteiger partial charge is 0.495 e. The summed E-state index contributed by atoms with van der Waals surface area (Å²) in [6.45, 7) is 2.17. The lowest BCUT2D eigenvalue weighted by molar-refractivity contribution is -0.137. The quantitative estimate of drug-likeness (QED) is 0.287. The lowest BCUT2D eigenvalue weighted by Gasteiger charge is -2.13. The van der Waals surface area contributed by atoms with E-state index in [-0.39, 0.29) is 5.97 Å². The second-order valence-corrected chi connectivity index (χ2v) is 6.77. The molecule has 142 valence electrons. The van der Waals surface area contributed by atoms with Crippen LogP contribution in [0, 0.1) is 0 Å². The third-order valence-electron chi connectivity index (χ3n) is 3.33. The van der Waals surface area contributed by atoms with Gasteiger partial charge >= 0.3 is 5.97 Å². The van der Waals surface area contributed by atoms with Gasteiger partial charge in [0.25, 0.3) is 0 Å². The molecule has 0 radical (unpaired) electrons. The second kappa shape index (κ2) is 11.3. The summed E-state index contributed by atoms with van der Waals surface area (Å²) in [7, 11) is 1.62. The van der Waals surface area contributed by atoms with Gasteiger partial charge in [-0.05, 0) is 49.5 Å². The summed E-state index contributed by atoms with van der Waals surface area (Å²) in [5, 5.41) is 6.77.